The molecule has 24 heavy (non-hydrogen) atoms. The fourth-order valence-corrected chi connectivity index (χ4v) is 2.77. The monoisotopic (exact) mass is 320 g/mol. The molecule has 0 radical (unpaired) electrons. The van der Waals surface area contributed by atoms with Crippen molar-refractivity contribution in [2.45, 2.75) is 6.04 Å². The number of hydrogen-bond acceptors (Lipinski definition) is 5. The van der Waals surface area contributed by atoms with Crippen LogP contribution in [-0.4, -0.2) is 20.5 Å². The maximum Gasteiger partial charge on any atom is 0.162 e. The van der Waals surface area contributed by atoms with Gasteiger partial charge in [-0.2, -0.15) is 5.26 Å². The first kappa shape index (κ1) is 15.6. The summed E-state index contributed by atoms with van der Waals surface area (Å²) in [6, 6.07) is 12.7. The summed E-state index contributed by atoms with van der Waals surface area (Å²) in [6.07, 6.45) is 2.68. The molecule has 0 spiro atoms. The van der Waals surface area contributed by atoms with Crippen molar-refractivity contribution in [3.05, 3.63) is 58.7 Å². The number of hydrogen-bond donors (Lipinski definition) is 1. The molecule has 0 amide bonds. The number of carbonyl (C=O) groups excluding carboxylic acids is 1. The first-order valence-electron chi connectivity index (χ1n) is 7.39. The van der Waals surface area contributed by atoms with Gasteiger partial charge in [0.2, 0.25) is 0 Å². The van der Waals surface area contributed by atoms with Crippen LogP contribution in [0.15, 0.2) is 42.0 Å². The number of nitrogens with zero attached hydrogens (tertiary/aromatic N) is 1. The van der Waals surface area contributed by atoms with Crippen LogP contribution in [0.2, 0.25) is 0 Å². The number of nitriles is 1. The molecule has 2 aromatic rings. The molecule has 1 N–H and O–H groups in total. The molecule has 1 unspecified atom stereocenters. The number of nitrogens with one attached hydrogen (secondary N) is 1. The largest absolute Gasteiger partial charge is 0.493 e. The second-order valence-electron chi connectivity index (χ2n) is 5.37. The number of fused-ring (bicyclic) bond motifs is 1. The third-order valence-corrected chi connectivity index (χ3v) is 4.02. The molecular weight excluding hydrogens is 304 g/mol. The predicted octanol–water partition coefficient (Wildman–Crippen LogP) is 3.32. The van der Waals surface area contributed by atoms with Crippen molar-refractivity contribution in [1.82, 2.24) is 0 Å². The second-order valence-corrected chi connectivity index (χ2v) is 5.37. The first-order chi connectivity index (χ1) is 11.7. The second kappa shape index (κ2) is 6.47. The number of ether oxygens (including phenoxy) is 2. The van der Waals surface area contributed by atoms with Crippen molar-refractivity contribution in [2.24, 2.45) is 0 Å². The number of methoxy groups -OCH3 is 2. The fourth-order valence-electron chi connectivity index (χ4n) is 2.77. The molecular formula is C19H16N2O3. The van der Waals surface area contributed by atoms with Crippen LogP contribution in [0, 0.1) is 11.3 Å². The Morgan fingerprint density at radius 1 is 1.12 bits per heavy atom. The van der Waals surface area contributed by atoms with Crippen molar-refractivity contribution in [3.8, 4) is 17.6 Å². The summed E-state index contributed by atoms with van der Waals surface area (Å²) in [4.78, 5) is 11.5. The van der Waals surface area contributed by atoms with E-state index in [2.05, 4.69) is 11.4 Å². The Morgan fingerprint density at radius 2 is 1.79 bits per heavy atom. The van der Waals surface area contributed by atoms with Gasteiger partial charge < -0.3 is 14.8 Å². The van der Waals surface area contributed by atoms with Crippen LogP contribution < -0.4 is 14.8 Å². The van der Waals surface area contributed by atoms with Crippen LogP contribution in [-0.2, 0) is 4.79 Å². The molecule has 2 aromatic carbocycles. The molecule has 0 saturated carbocycles. The van der Waals surface area contributed by atoms with Crippen LogP contribution in [0.1, 0.15) is 22.7 Å². The van der Waals surface area contributed by atoms with Gasteiger partial charge in [-0.1, -0.05) is 12.1 Å². The van der Waals surface area contributed by atoms with E-state index < -0.39 is 0 Å². The van der Waals surface area contributed by atoms with Crippen LogP contribution in [0.3, 0.4) is 0 Å². The highest BCUT2D eigenvalue weighted by Gasteiger charge is 2.23. The summed E-state index contributed by atoms with van der Waals surface area (Å²) < 4.78 is 10.6. The summed E-state index contributed by atoms with van der Waals surface area (Å²) in [5.41, 5.74) is 3.82. The number of anilines is 1. The SMILES string of the molecule is COc1cc2c(cc1OC)NC(c1ccc(C#N)cc1)C(C=O)=C2. The molecule has 3 rings (SSSR count). The number of aldehydes is 1. The van der Waals surface area contributed by atoms with E-state index in [1.165, 1.54) is 0 Å². The van der Waals surface area contributed by atoms with Crippen molar-refractivity contribution < 1.29 is 14.3 Å². The Bertz CT molecular complexity index is 848. The summed E-state index contributed by atoms with van der Waals surface area (Å²) in [7, 11) is 3.16. The molecule has 0 fully saturated rings. The van der Waals surface area contributed by atoms with Crippen molar-refractivity contribution in [2.75, 3.05) is 19.5 Å². The minimum atomic E-state index is -0.277. The van der Waals surface area contributed by atoms with Gasteiger partial charge in [-0.05, 0) is 29.8 Å². The number of carbonyl (C=O) groups is 1. The van der Waals surface area contributed by atoms with Gasteiger partial charge in [-0.3, -0.25) is 4.79 Å². The lowest BCUT2D eigenvalue weighted by atomic mass is 9.92. The summed E-state index contributed by atoms with van der Waals surface area (Å²) >= 11 is 0. The van der Waals surface area contributed by atoms with Gasteiger partial charge in [-0.15, -0.1) is 0 Å². The van der Waals surface area contributed by atoms with E-state index in [0.717, 1.165) is 23.1 Å². The zero-order valence-electron chi connectivity index (χ0n) is 13.4. The molecule has 0 bridgehead atoms. The van der Waals surface area contributed by atoms with E-state index in [4.69, 9.17) is 14.7 Å². The van der Waals surface area contributed by atoms with Crippen LogP contribution in [0.4, 0.5) is 5.69 Å². The molecule has 0 saturated heterocycles. The Balaban J connectivity index is 2.04. The third-order valence-electron chi connectivity index (χ3n) is 4.02. The van der Waals surface area contributed by atoms with Crippen molar-refractivity contribution >= 4 is 18.0 Å². The first-order valence-corrected chi connectivity index (χ1v) is 7.39. The van der Waals surface area contributed by atoms with E-state index >= 15 is 0 Å². The average molecular weight is 320 g/mol. The van der Waals surface area contributed by atoms with E-state index in [1.54, 1.807) is 26.4 Å². The van der Waals surface area contributed by atoms with Gasteiger partial charge in [0.15, 0.2) is 11.5 Å². The highest BCUT2D eigenvalue weighted by atomic mass is 16.5. The molecule has 5 nitrogen and oxygen atoms in total. The van der Waals surface area contributed by atoms with E-state index in [1.807, 2.05) is 30.3 Å². The van der Waals surface area contributed by atoms with Crippen molar-refractivity contribution in [1.29, 1.82) is 5.26 Å². The zero-order valence-corrected chi connectivity index (χ0v) is 13.4. The van der Waals surface area contributed by atoms with E-state index in [0.29, 0.717) is 22.6 Å². The molecule has 1 atom stereocenters. The average Bonchev–Trinajstić information content (AvgIpc) is 2.65. The standard InChI is InChI=1S/C19H16N2O3/c1-23-17-8-14-7-15(11-22)19(21-16(14)9-18(17)24-2)13-5-3-12(10-20)4-6-13/h3-9,11,19,21H,1-2H3. The van der Waals surface area contributed by atoms with Gasteiger partial charge in [0, 0.05) is 22.9 Å². The Morgan fingerprint density at radius 3 is 2.38 bits per heavy atom. The number of rotatable bonds is 4. The molecule has 0 aliphatic carbocycles. The van der Waals surface area contributed by atoms with E-state index in [-0.39, 0.29) is 6.04 Å². The fraction of sp³-hybridized carbons (Fsp3) is 0.158. The quantitative estimate of drug-likeness (QED) is 0.875. The predicted molar refractivity (Wildman–Crippen MR) is 91.1 cm³/mol. The molecule has 5 heteroatoms. The summed E-state index contributed by atoms with van der Waals surface area (Å²) in [5, 5.41) is 12.3. The third kappa shape index (κ3) is 2.70. The van der Waals surface area contributed by atoms with Gasteiger partial charge in [0.25, 0.3) is 0 Å². The van der Waals surface area contributed by atoms with Gasteiger partial charge in [0.05, 0.1) is 31.9 Å². The molecule has 120 valence electrons. The highest BCUT2D eigenvalue weighted by Crippen LogP contribution is 2.40. The maximum atomic E-state index is 11.5. The smallest absolute Gasteiger partial charge is 0.162 e. The van der Waals surface area contributed by atoms with Crippen LogP contribution in [0.25, 0.3) is 6.08 Å². The van der Waals surface area contributed by atoms with Crippen LogP contribution >= 0.6 is 0 Å². The zero-order chi connectivity index (χ0) is 17.1. The maximum absolute atomic E-state index is 11.5. The molecule has 0 aromatic heterocycles. The number of benzene rings is 2. The van der Waals surface area contributed by atoms with Gasteiger partial charge in [0.1, 0.15) is 6.29 Å². The highest BCUT2D eigenvalue weighted by molar-refractivity contribution is 5.90. The normalized spacial score (nSPS) is 15.4. The summed E-state index contributed by atoms with van der Waals surface area (Å²) in [6.45, 7) is 0. The minimum Gasteiger partial charge on any atom is -0.493 e. The lowest BCUT2D eigenvalue weighted by Crippen LogP contribution is -2.18. The van der Waals surface area contributed by atoms with Crippen LogP contribution in [0.5, 0.6) is 11.5 Å². The topological polar surface area (TPSA) is 71.3 Å². The Labute approximate surface area is 140 Å². The van der Waals surface area contributed by atoms with Gasteiger partial charge in [-0.25, -0.2) is 0 Å². The lowest BCUT2D eigenvalue weighted by molar-refractivity contribution is -0.105. The minimum absolute atomic E-state index is 0.277. The lowest BCUT2D eigenvalue weighted by Gasteiger charge is -2.27. The molecule has 1 aliphatic heterocycles. The van der Waals surface area contributed by atoms with E-state index in [9.17, 15) is 4.79 Å². The Kier molecular flexibility index (Phi) is 4.21. The summed E-state index contributed by atoms with van der Waals surface area (Å²) in [5.74, 6) is 1.22. The Hall–Kier alpha value is -3.26. The molecule has 1 heterocycles. The molecule has 1 aliphatic rings. The van der Waals surface area contributed by atoms with Gasteiger partial charge >= 0.3 is 0 Å². The van der Waals surface area contributed by atoms with Crippen molar-refractivity contribution in [3.63, 3.8) is 0 Å².